The van der Waals surface area contributed by atoms with Gasteiger partial charge in [-0.3, -0.25) is 10.1 Å². The molecule has 0 fully saturated rings. The highest BCUT2D eigenvalue weighted by Gasteiger charge is 2.33. The standard InChI is InChI=1S/C20H24Cl2N2O3S/c1-5-7-26-13-9-11(8-12-10-20(3,4)27-16(12)13)15-14(6-2)28-19(23-15)24-18(25)17(21)22/h8-9,17H,5-7,10H2,1-4H3,(H,23,24,25). The normalized spacial score (nSPS) is 14.7. The maximum absolute atomic E-state index is 11.8. The summed E-state index contributed by atoms with van der Waals surface area (Å²) in [6.07, 6.45) is 2.50. The van der Waals surface area contributed by atoms with Gasteiger partial charge in [0.05, 0.1) is 12.3 Å². The van der Waals surface area contributed by atoms with E-state index in [0.717, 1.165) is 52.5 Å². The van der Waals surface area contributed by atoms with Crippen molar-refractivity contribution in [2.75, 3.05) is 11.9 Å². The molecule has 0 spiro atoms. The van der Waals surface area contributed by atoms with Gasteiger partial charge in [0.2, 0.25) is 0 Å². The quantitative estimate of drug-likeness (QED) is 0.565. The Labute approximate surface area is 179 Å². The fourth-order valence-corrected chi connectivity index (χ4v) is 4.20. The highest BCUT2D eigenvalue weighted by Crippen LogP contribution is 2.45. The summed E-state index contributed by atoms with van der Waals surface area (Å²) >= 11 is 12.7. The Kier molecular flexibility index (Phi) is 6.42. The van der Waals surface area contributed by atoms with E-state index < -0.39 is 10.7 Å². The van der Waals surface area contributed by atoms with E-state index in [1.165, 1.54) is 11.3 Å². The van der Waals surface area contributed by atoms with E-state index in [0.29, 0.717) is 11.7 Å². The number of amides is 1. The summed E-state index contributed by atoms with van der Waals surface area (Å²) in [5, 5.41) is 3.15. The number of hydrogen-bond donors (Lipinski definition) is 1. The summed E-state index contributed by atoms with van der Waals surface area (Å²) in [5.41, 5.74) is 2.62. The van der Waals surface area contributed by atoms with Crippen LogP contribution in [-0.2, 0) is 17.6 Å². The number of carbonyl (C=O) groups is 1. The van der Waals surface area contributed by atoms with E-state index in [9.17, 15) is 4.79 Å². The number of ether oxygens (including phenoxy) is 2. The first-order valence-electron chi connectivity index (χ1n) is 9.32. The number of anilines is 1. The van der Waals surface area contributed by atoms with Gasteiger partial charge in [0.25, 0.3) is 5.91 Å². The number of fused-ring (bicyclic) bond motifs is 1. The molecular formula is C20H24Cl2N2O3S. The number of hydrogen-bond acceptors (Lipinski definition) is 5. The minimum Gasteiger partial charge on any atom is -0.490 e. The molecule has 3 rings (SSSR count). The third-order valence-electron chi connectivity index (χ3n) is 4.31. The predicted octanol–water partition coefficient (Wildman–Crippen LogP) is 5.62. The first-order valence-corrected chi connectivity index (χ1v) is 11.0. The van der Waals surface area contributed by atoms with Crippen molar-refractivity contribution < 1.29 is 14.3 Å². The number of alkyl halides is 2. The van der Waals surface area contributed by atoms with E-state index in [1.807, 2.05) is 6.07 Å². The van der Waals surface area contributed by atoms with Crippen LogP contribution in [0.3, 0.4) is 0 Å². The molecular weight excluding hydrogens is 419 g/mol. The molecule has 0 saturated heterocycles. The van der Waals surface area contributed by atoms with Crippen LogP contribution in [-0.4, -0.2) is 27.9 Å². The topological polar surface area (TPSA) is 60.5 Å². The minimum absolute atomic E-state index is 0.268. The molecule has 0 saturated carbocycles. The molecule has 0 aliphatic carbocycles. The van der Waals surface area contributed by atoms with Crippen LogP contribution in [0, 0.1) is 0 Å². The van der Waals surface area contributed by atoms with Crippen LogP contribution in [0.15, 0.2) is 12.1 Å². The van der Waals surface area contributed by atoms with Crippen LogP contribution in [0.4, 0.5) is 5.13 Å². The maximum atomic E-state index is 11.8. The zero-order chi connectivity index (χ0) is 20.5. The van der Waals surface area contributed by atoms with Crippen molar-refractivity contribution in [1.29, 1.82) is 0 Å². The fourth-order valence-electron chi connectivity index (χ4n) is 3.16. The lowest BCUT2D eigenvalue weighted by Crippen LogP contribution is -2.24. The van der Waals surface area contributed by atoms with E-state index in [1.54, 1.807) is 0 Å². The number of benzene rings is 1. The molecule has 1 aromatic carbocycles. The molecule has 2 aromatic rings. The van der Waals surface area contributed by atoms with Crippen molar-refractivity contribution in [1.82, 2.24) is 4.98 Å². The number of halogens is 2. The number of carbonyl (C=O) groups excluding carboxylic acids is 1. The first kappa shape index (κ1) is 21.2. The van der Waals surface area contributed by atoms with E-state index in [4.69, 9.17) is 32.7 Å². The molecule has 8 heteroatoms. The minimum atomic E-state index is -1.13. The molecule has 1 aliphatic rings. The maximum Gasteiger partial charge on any atom is 0.259 e. The van der Waals surface area contributed by atoms with Gasteiger partial charge in [-0.1, -0.05) is 37.0 Å². The summed E-state index contributed by atoms with van der Waals surface area (Å²) in [4.78, 5) is 16.4. The van der Waals surface area contributed by atoms with E-state index in [-0.39, 0.29) is 5.60 Å². The highest BCUT2D eigenvalue weighted by atomic mass is 35.5. The Hall–Kier alpha value is -1.50. The third kappa shape index (κ3) is 4.56. The smallest absolute Gasteiger partial charge is 0.259 e. The van der Waals surface area contributed by atoms with Crippen LogP contribution in [0.5, 0.6) is 11.5 Å². The van der Waals surface area contributed by atoms with Gasteiger partial charge in [-0.2, -0.15) is 0 Å². The van der Waals surface area contributed by atoms with Gasteiger partial charge in [0.1, 0.15) is 5.60 Å². The molecule has 0 atom stereocenters. The summed E-state index contributed by atoms with van der Waals surface area (Å²) < 4.78 is 12.1. The fraction of sp³-hybridized carbons (Fsp3) is 0.500. The second-order valence-electron chi connectivity index (χ2n) is 7.28. The highest BCUT2D eigenvalue weighted by molar-refractivity contribution is 7.16. The number of aryl methyl sites for hydroxylation is 1. The average molecular weight is 443 g/mol. The van der Waals surface area contributed by atoms with Crippen LogP contribution >= 0.6 is 34.5 Å². The predicted molar refractivity (Wildman–Crippen MR) is 115 cm³/mol. The zero-order valence-corrected chi connectivity index (χ0v) is 18.7. The van der Waals surface area contributed by atoms with Crippen molar-refractivity contribution in [3.63, 3.8) is 0 Å². The molecule has 152 valence electrons. The number of rotatable bonds is 7. The number of nitrogens with one attached hydrogen (secondary N) is 1. The number of thiazole rings is 1. The number of aromatic nitrogens is 1. The molecule has 28 heavy (non-hydrogen) atoms. The Morgan fingerprint density at radius 3 is 2.79 bits per heavy atom. The van der Waals surface area contributed by atoms with Crippen LogP contribution in [0.1, 0.15) is 44.6 Å². The first-order chi connectivity index (χ1) is 13.2. The molecule has 5 nitrogen and oxygen atoms in total. The van der Waals surface area contributed by atoms with Gasteiger partial charge in [-0.25, -0.2) is 4.98 Å². The van der Waals surface area contributed by atoms with Gasteiger partial charge < -0.3 is 9.47 Å². The van der Waals surface area contributed by atoms with Crippen LogP contribution in [0.2, 0.25) is 0 Å². The lowest BCUT2D eigenvalue weighted by molar-refractivity contribution is -0.114. The average Bonchev–Trinajstić information content (AvgIpc) is 3.18. The van der Waals surface area contributed by atoms with Crippen molar-refractivity contribution in [3.8, 4) is 22.8 Å². The van der Waals surface area contributed by atoms with E-state index in [2.05, 4.69) is 44.1 Å². The SMILES string of the molecule is CCCOc1cc(-c2nc(NC(=O)C(Cl)Cl)sc2CC)cc2c1OC(C)(C)C2. The molecule has 1 amide bonds. The Morgan fingerprint density at radius 1 is 1.39 bits per heavy atom. The monoisotopic (exact) mass is 442 g/mol. The Bertz CT molecular complexity index is 881. The van der Waals surface area contributed by atoms with Gasteiger partial charge in [0.15, 0.2) is 21.5 Å². The van der Waals surface area contributed by atoms with Gasteiger partial charge in [-0.15, -0.1) is 11.3 Å². The molecule has 1 aromatic heterocycles. The third-order valence-corrected chi connectivity index (χ3v) is 5.82. The lowest BCUT2D eigenvalue weighted by atomic mass is 9.98. The van der Waals surface area contributed by atoms with Crippen LogP contribution < -0.4 is 14.8 Å². The van der Waals surface area contributed by atoms with Crippen molar-refractivity contribution >= 4 is 45.6 Å². The molecule has 2 heterocycles. The summed E-state index contributed by atoms with van der Waals surface area (Å²) in [5.74, 6) is 1.07. The molecule has 0 bridgehead atoms. The summed E-state index contributed by atoms with van der Waals surface area (Å²) in [6, 6.07) is 4.08. The molecule has 0 radical (unpaired) electrons. The molecule has 1 N–H and O–H groups in total. The van der Waals surface area contributed by atoms with Gasteiger partial charge >= 0.3 is 0 Å². The Morgan fingerprint density at radius 2 is 2.14 bits per heavy atom. The number of nitrogens with zero attached hydrogens (tertiary/aromatic N) is 1. The lowest BCUT2D eigenvalue weighted by Gasteiger charge is -2.18. The van der Waals surface area contributed by atoms with E-state index >= 15 is 0 Å². The second kappa shape index (κ2) is 8.47. The molecule has 0 unspecified atom stereocenters. The second-order valence-corrected chi connectivity index (χ2v) is 9.46. The van der Waals surface area contributed by atoms with Crippen molar-refractivity contribution in [2.45, 2.75) is 57.4 Å². The summed E-state index contributed by atoms with van der Waals surface area (Å²) in [6.45, 7) is 8.88. The summed E-state index contributed by atoms with van der Waals surface area (Å²) in [7, 11) is 0. The van der Waals surface area contributed by atoms with Crippen molar-refractivity contribution in [2.24, 2.45) is 0 Å². The zero-order valence-electron chi connectivity index (χ0n) is 16.4. The van der Waals surface area contributed by atoms with Gasteiger partial charge in [0, 0.05) is 22.4 Å². The Balaban J connectivity index is 2.01. The van der Waals surface area contributed by atoms with Crippen molar-refractivity contribution in [3.05, 3.63) is 22.6 Å². The molecule has 1 aliphatic heterocycles. The van der Waals surface area contributed by atoms with Crippen LogP contribution in [0.25, 0.3) is 11.3 Å². The largest absolute Gasteiger partial charge is 0.490 e. The van der Waals surface area contributed by atoms with Gasteiger partial charge in [-0.05, 0) is 38.8 Å².